The molecule has 0 bridgehead atoms. The molecule has 21 heavy (non-hydrogen) atoms. The van der Waals surface area contributed by atoms with Crippen LogP contribution in [-0.2, 0) is 0 Å². The molecule has 1 heterocycles. The number of hydrogen-bond acceptors (Lipinski definition) is 4. The number of rotatable bonds is 3. The number of nitrogens with zero attached hydrogens (tertiary/aromatic N) is 2. The van der Waals surface area contributed by atoms with E-state index in [2.05, 4.69) is 27.4 Å². The number of amides is 1. The molecule has 0 saturated heterocycles. The van der Waals surface area contributed by atoms with E-state index in [4.69, 9.17) is 5.11 Å². The van der Waals surface area contributed by atoms with Crippen molar-refractivity contribution in [3.8, 4) is 11.8 Å². The molecule has 0 radical (unpaired) electrons. The molecule has 0 saturated carbocycles. The highest BCUT2D eigenvalue weighted by Gasteiger charge is 2.12. The molecule has 2 N–H and O–H groups in total. The van der Waals surface area contributed by atoms with Crippen LogP contribution < -0.4 is 5.32 Å². The van der Waals surface area contributed by atoms with Crippen molar-refractivity contribution in [2.24, 2.45) is 0 Å². The Labute approximate surface area is 120 Å². The van der Waals surface area contributed by atoms with Crippen molar-refractivity contribution in [3.63, 3.8) is 0 Å². The second kappa shape index (κ2) is 7.12. The van der Waals surface area contributed by atoms with Gasteiger partial charge in [0.1, 0.15) is 5.82 Å². The first-order chi connectivity index (χ1) is 10.2. The summed E-state index contributed by atoms with van der Waals surface area (Å²) in [6.45, 7) is -0.0741. The number of aliphatic hydroxyl groups is 1. The number of aromatic nitrogens is 2. The Morgan fingerprint density at radius 3 is 2.95 bits per heavy atom. The highest BCUT2D eigenvalue weighted by molar-refractivity contribution is 6.05. The molecule has 0 atom stereocenters. The fourth-order valence-corrected chi connectivity index (χ4v) is 1.58. The van der Waals surface area contributed by atoms with Crippen LogP contribution in [0.4, 0.5) is 10.2 Å². The van der Waals surface area contributed by atoms with Gasteiger partial charge in [-0.1, -0.05) is 11.8 Å². The van der Waals surface area contributed by atoms with E-state index in [1.807, 2.05) is 0 Å². The number of nitrogens with one attached hydrogen (secondary N) is 1. The number of carbonyl (C=O) groups is 1. The SMILES string of the molecule is O=C(Nc1cccnn1)c1cc(F)ccc1C#CCCO. The van der Waals surface area contributed by atoms with Gasteiger partial charge < -0.3 is 10.4 Å². The quantitative estimate of drug-likeness (QED) is 0.840. The lowest BCUT2D eigenvalue weighted by molar-refractivity contribution is 0.102. The smallest absolute Gasteiger partial charge is 0.258 e. The number of benzene rings is 1. The van der Waals surface area contributed by atoms with Crippen molar-refractivity contribution in [3.05, 3.63) is 53.5 Å². The summed E-state index contributed by atoms with van der Waals surface area (Å²) in [5.41, 5.74) is 0.484. The highest BCUT2D eigenvalue weighted by atomic mass is 19.1. The normalized spacial score (nSPS) is 9.62. The van der Waals surface area contributed by atoms with E-state index in [1.54, 1.807) is 12.1 Å². The summed E-state index contributed by atoms with van der Waals surface area (Å²) in [7, 11) is 0. The Bertz CT molecular complexity index is 693. The molecule has 0 aliphatic carbocycles. The van der Waals surface area contributed by atoms with Crippen LogP contribution in [0.5, 0.6) is 0 Å². The number of anilines is 1. The summed E-state index contributed by atoms with van der Waals surface area (Å²) < 4.78 is 13.3. The van der Waals surface area contributed by atoms with Gasteiger partial charge in [-0.2, -0.15) is 5.10 Å². The second-order valence-electron chi connectivity index (χ2n) is 4.03. The van der Waals surface area contributed by atoms with E-state index in [1.165, 1.54) is 18.3 Å². The second-order valence-corrected chi connectivity index (χ2v) is 4.03. The molecule has 0 aliphatic heterocycles. The van der Waals surface area contributed by atoms with Crippen LogP contribution >= 0.6 is 0 Å². The first kappa shape index (κ1) is 14.6. The average molecular weight is 285 g/mol. The molecule has 1 amide bonds. The maximum Gasteiger partial charge on any atom is 0.258 e. The van der Waals surface area contributed by atoms with Gasteiger partial charge in [-0.25, -0.2) is 4.39 Å². The van der Waals surface area contributed by atoms with Crippen molar-refractivity contribution in [2.45, 2.75) is 6.42 Å². The summed E-state index contributed by atoms with van der Waals surface area (Å²) in [5, 5.41) is 18.6. The fraction of sp³-hybridized carbons (Fsp3) is 0.133. The van der Waals surface area contributed by atoms with Crippen LogP contribution in [0, 0.1) is 17.7 Å². The Balaban J connectivity index is 2.27. The van der Waals surface area contributed by atoms with Gasteiger partial charge in [-0.15, -0.1) is 5.10 Å². The van der Waals surface area contributed by atoms with Crippen LogP contribution in [0.2, 0.25) is 0 Å². The van der Waals surface area contributed by atoms with Crippen LogP contribution in [0.3, 0.4) is 0 Å². The molecule has 5 nitrogen and oxygen atoms in total. The van der Waals surface area contributed by atoms with E-state index in [0.29, 0.717) is 5.56 Å². The molecule has 1 aromatic heterocycles. The molecule has 2 rings (SSSR count). The van der Waals surface area contributed by atoms with Crippen molar-refractivity contribution >= 4 is 11.7 Å². The average Bonchev–Trinajstić information content (AvgIpc) is 2.50. The number of hydrogen-bond donors (Lipinski definition) is 2. The summed E-state index contributed by atoms with van der Waals surface area (Å²) in [5.74, 6) is 4.64. The van der Waals surface area contributed by atoms with Crippen molar-refractivity contribution in [1.29, 1.82) is 0 Å². The monoisotopic (exact) mass is 285 g/mol. The van der Waals surface area contributed by atoms with Gasteiger partial charge in [-0.3, -0.25) is 4.79 Å². The maximum absolute atomic E-state index is 13.3. The van der Waals surface area contributed by atoms with Crippen LogP contribution in [0.15, 0.2) is 36.5 Å². The molecule has 0 spiro atoms. The van der Waals surface area contributed by atoms with Crippen LogP contribution in [-0.4, -0.2) is 27.8 Å². The molecule has 0 fully saturated rings. The van der Waals surface area contributed by atoms with E-state index >= 15 is 0 Å². The predicted molar refractivity (Wildman–Crippen MR) is 75.0 cm³/mol. The standard InChI is InChI=1S/C15H12FN3O2/c16-12-7-6-11(4-1-2-9-20)13(10-12)15(21)18-14-5-3-8-17-19-14/h3,5-8,10,20H,2,9H2,(H,18,19,21). The third-order valence-electron chi connectivity index (χ3n) is 2.50. The van der Waals surface area contributed by atoms with Gasteiger partial charge in [0, 0.05) is 18.2 Å². The van der Waals surface area contributed by atoms with E-state index in [0.717, 1.165) is 6.07 Å². The Morgan fingerprint density at radius 2 is 2.24 bits per heavy atom. The van der Waals surface area contributed by atoms with Gasteiger partial charge in [0.05, 0.1) is 12.2 Å². The van der Waals surface area contributed by atoms with Gasteiger partial charge in [0.25, 0.3) is 5.91 Å². The third kappa shape index (κ3) is 4.09. The zero-order valence-electron chi connectivity index (χ0n) is 11.0. The first-order valence-corrected chi connectivity index (χ1v) is 6.19. The lowest BCUT2D eigenvalue weighted by Crippen LogP contribution is -2.15. The lowest BCUT2D eigenvalue weighted by atomic mass is 10.1. The molecule has 1 aromatic carbocycles. The number of halogens is 1. The number of aliphatic hydroxyl groups excluding tert-OH is 1. The van der Waals surface area contributed by atoms with Crippen LogP contribution in [0.1, 0.15) is 22.3 Å². The van der Waals surface area contributed by atoms with Gasteiger partial charge in [0.15, 0.2) is 5.82 Å². The largest absolute Gasteiger partial charge is 0.395 e. The van der Waals surface area contributed by atoms with Gasteiger partial charge in [-0.05, 0) is 30.3 Å². The minimum atomic E-state index is -0.535. The van der Waals surface area contributed by atoms with Crippen molar-refractivity contribution in [1.82, 2.24) is 10.2 Å². The summed E-state index contributed by atoms with van der Waals surface area (Å²) in [6.07, 6.45) is 1.76. The molecular formula is C15H12FN3O2. The molecule has 6 heteroatoms. The fourth-order valence-electron chi connectivity index (χ4n) is 1.58. The Morgan fingerprint density at radius 1 is 1.38 bits per heavy atom. The topological polar surface area (TPSA) is 75.1 Å². The number of carbonyl (C=O) groups excluding carboxylic acids is 1. The predicted octanol–water partition coefficient (Wildman–Crippen LogP) is 1.60. The zero-order valence-corrected chi connectivity index (χ0v) is 11.0. The van der Waals surface area contributed by atoms with Crippen molar-refractivity contribution < 1.29 is 14.3 Å². The van der Waals surface area contributed by atoms with Crippen LogP contribution in [0.25, 0.3) is 0 Å². The summed E-state index contributed by atoms with van der Waals surface area (Å²) in [6, 6.07) is 6.94. The van der Waals surface area contributed by atoms with E-state index in [-0.39, 0.29) is 24.4 Å². The molecule has 106 valence electrons. The summed E-state index contributed by atoms with van der Waals surface area (Å²) >= 11 is 0. The van der Waals surface area contributed by atoms with E-state index in [9.17, 15) is 9.18 Å². The zero-order chi connectivity index (χ0) is 15.1. The third-order valence-corrected chi connectivity index (χ3v) is 2.50. The molecule has 0 unspecified atom stereocenters. The minimum Gasteiger partial charge on any atom is -0.395 e. The van der Waals surface area contributed by atoms with E-state index < -0.39 is 11.7 Å². The maximum atomic E-state index is 13.3. The Hall–Kier alpha value is -2.78. The van der Waals surface area contributed by atoms with Gasteiger partial charge >= 0.3 is 0 Å². The Kier molecular flexibility index (Phi) is 4.96. The molecule has 2 aromatic rings. The summed E-state index contributed by atoms with van der Waals surface area (Å²) in [4.78, 5) is 12.2. The molecular weight excluding hydrogens is 273 g/mol. The highest BCUT2D eigenvalue weighted by Crippen LogP contribution is 2.12. The first-order valence-electron chi connectivity index (χ1n) is 6.19. The van der Waals surface area contributed by atoms with Gasteiger partial charge in [0.2, 0.25) is 0 Å². The van der Waals surface area contributed by atoms with Crippen molar-refractivity contribution in [2.75, 3.05) is 11.9 Å². The molecule has 0 aliphatic rings. The lowest BCUT2D eigenvalue weighted by Gasteiger charge is -2.06. The minimum absolute atomic E-state index is 0.0741.